The van der Waals surface area contributed by atoms with Gasteiger partial charge in [-0.15, -0.1) is 0 Å². The molecule has 4 atom stereocenters. The van der Waals surface area contributed by atoms with Gasteiger partial charge in [-0.3, -0.25) is 4.79 Å². The average Bonchev–Trinajstić information content (AvgIpc) is 3.31. The topological polar surface area (TPSA) is 75.3 Å². The third-order valence-electron chi connectivity index (χ3n) is 6.68. The fraction of sp³-hybridized carbons (Fsp3) is 0.458. The zero-order valence-electron chi connectivity index (χ0n) is 17.8. The first-order valence-corrected chi connectivity index (χ1v) is 12.2. The molecule has 0 saturated heterocycles. The van der Waals surface area contributed by atoms with E-state index >= 15 is 0 Å². The van der Waals surface area contributed by atoms with E-state index in [2.05, 4.69) is 10.0 Å². The van der Waals surface area contributed by atoms with Crippen LogP contribution in [0.5, 0.6) is 0 Å². The molecule has 2 aliphatic carbocycles. The Morgan fingerprint density at radius 1 is 1.00 bits per heavy atom. The van der Waals surface area contributed by atoms with Crippen LogP contribution in [-0.2, 0) is 10.0 Å². The van der Waals surface area contributed by atoms with Crippen molar-refractivity contribution >= 4 is 21.6 Å². The molecular formula is C24H30N2O3S. The minimum absolute atomic E-state index is 0.0609. The van der Waals surface area contributed by atoms with Gasteiger partial charge in [-0.2, -0.15) is 0 Å². The van der Waals surface area contributed by atoms with Gasteiger partial charge in [-0.25, -0.2) is 13.1 Å². The number of fused-ring (bicyclic) bond motifs is 2. The molecule has 0 unspecified atom stereocenters. The smallest absolute Gasteiger partial charge is 0.255 e. The van der Waals surface area contributed by atoms with Gasteiger partial charge in [0.05, 0.1) is 4.90 Å². The highest BCUT2D eigenvalue weighted by atomic mass is 32.2. The highest BCUT2D eigenvalue weighted by Crippen LogP contribution is 2.49. The van der Waals surface area contributed by atoms with Crippen LogP contribution in [0.3, 0.4) is 0 Å². The SMILES string of the molecule is Cc1cc(C)cc(C(=O)Nc2ccc(S(=O)(=O)N[C@@H](C)[C@@H]3C[C@H]4CC[C@H]3C4)cc2)c1. The second-order valence-electron chi connectivity index (χ2n) is 9.10. The first-order chi connectivity index (χ1) is 14.2. The predicted octanol–water partition coefficient (Wildman–Crippen LogP) is 4.66. The third-order valence-corrected chi connectivity index (χ3v) is 8.26. The molecule has 30 heavy (non-hydrogen) atoms. The van der Waals surface area contributed by atoms with E-state index in [-0.39, 0.29) is 16.8 Å². The van der Waals surface area contributed by atoms with Gasteiger partial charge >= 0.3 is 0 Å². The molecule has 0 aliphatic heterocycles. The number of rotatable bonds is 6. The van der Waals surface area contributed by atoms with Gasteiger partial charge in [0.1, 0.15) is 0 Å². The molecule has 160 valence electrons. The molecule has 4 rings (SSSR count). The number of hydrogen-bond donors (Lipinski definition) is 2. The van der Waals surface area contributed by atoms with E-state index < -0.39 is 10.0 Å². The summed E-state index contributed by atoms with van der Waals surface area (Å²) in [7, 11) is -3.59. The standard InChI is InChI=1S/C24H30N2O3S/c1-15-10-16(2)12-20(11-15)24(27)25-21-6-8-22(9-7-21)30(28,29)26-17(3)23-14-18-4-5-19(23)13-18/h6-12,17-19,23,26H,4-5,13-14H2,1-3H3,(H,25,27)/t17-,18-,19-,23-/m0/s1. The zero-order chi connectivity index (χ0) is 21.5. The number of anilines is 1. The van der Waals surface area contributed by atoms with Crippen LogP contribution >= 0.6 is 0 Å². The van der Waals surface area contributed by atoms with E-state index in [1.807, 2.05) is 39.0 Å². The molecule has 5 nitrogen and oxygen atoms in total. The summed E-state index contributed by atoms with van der Waals surface area (Å²) in [5.74, 6) is 1.68. The molecule has 0 radical (unpaired) electrons. The number of carbonyl (C=O) groups is 1. The molecule has 1 amide bonds. The first kappa shape index (κ1) is 21.1. The fourth-order valence-electron chi connectivity index (χ4n) is 5.33. The third kappa shape index (κ3) is 4.44. The Bertz CT molecular complexity index is 1030. The quantitative estimate of drug-likeness (QED) is 0.705. The Kier molecular flexibility index (Phi) is 5.73. The summed E-state index contributed by atoms with van der Waals surface area (Å²) in [6.07, 6.45) is 4.93. The number of benzene rings is 2. The number of amides is 1. The zero-order valence-corrected chi connectivity index (χ0v) is 18.6. The lowest BCUT2D eigenvalue weighted by Crippen LogP contribution is -2.40. The van der Waals surface area contributed by atoms with Crippen LogP contribution in [0, 0.1) is 31.6 Å². The fourth-order valence-corrected chi connectivity index (χ4v) is 6.63. The van der Waals surface area contributed by atoms with Crippen molar-refractivity contribution in [3.63, 3.8) is 0 Å². The number of carbonyl (C=O) groups excluding carboxylic acids is 1. The predicted molar refractivity (Wildman–Crippen MR) is 119 cm³/mol. The minimum atomic E-state index is -3.59. The molecule has 2 fully saturated rings. The Labute approximate surface area is 179 Å². The van der Waals surface area contributed by atoms with Gasteiger partial charge in [0, 0.05) is 17.3 Å². The van der Waals surface area contributed by atoms with Crippen molar-refractivity contribution in [1.29, 1.82) is 0 Å². The molecule has 0 heterocycles. The van der Waals surface area contributed by atoms with Crippen molar-refractivity contribution in [2.24, 2.45) is 17.8 Å². The van der Waals surface area contributed by atoms with E-state index in [1.54, 1.807) is 24.3 Å². The van der Waals surface area contributed by atoms with Crippen molar-refractivity contribution in [2.45, 2.75) is 57.4 Å². The van der Waals surface area contributed by atoms with Crippen LogP contribution in [0.2, 0.25) is 0 Å². The van der Waals surface area contributed by atoms with E-state index in [9.17, 15) is 13.2 Å². The molecule has 2 aliphatic rings. The van der Waals surface area contributed by atoms with Crippen LogP contribution in [0.25, 0.3) is 0 Å². The average molecular weight is 427 g/mol. The van der Waals surface area contributed by atoms with Gasteiger partial charge in [0.15, 0.2) is 0 Å². The minimum Gasteiger partial charge on any atom is -0.322 e. The van der Waals surface area contributed by atoms with E-state index in [4.69, 9.17) is 0 Å². The second kappa shape index (κ2) is 8.16. The number of nitrogens with one attached hydrogen (secondary N) is 2. The second-order valence-corrected chi connectivity index (χ2v) is 10.8. The van der Waals surface area contributed by atoms with Crippen LogP contribution in [0.4, 0.5) is 5.69 Å². The summed E-state index contributed by atoms with van der Waals surface area (Å²) >= 11 is 0. The highest BCUT2D eigenvalue weighted by Gasteiger charge is 2.42. The lowest BCUT2D eigenvalue weighted by molar-refractivity contribution is 0.102. The lowest BCUT2D eigenvalue weighted by Gasteiger charge is -2.28. The van der Waals surface area contributed by atoms with Gasteiger partial charge in [0.2, 0.25) is 10.0 Å². The van der Waals surface area contributed by atoms with Crippen molar-refractivity contribution in [2.75, 3.05) is 5.32 Å². The van der Waals surface area contributed by atoms with Crippen molar-refractivity contribution < 1.29 is 13.2 Å². The number of hydrogen-bond acceptors (Lipinski definition) is 3. The van der Waals surface area contributed by atoms with Crippen molar-refractivity contribution in [1.82, 2.24) is 4.72 Å². The van der Waals surface area contributed by atoms with E-state index in [1.165, 1.54) is 19.3 Å². The summed E-state index contributed by atoms with van der Waals surface area (Å²) in [5, 5.41) is 2.84. The molecule has 2 saturated carbocycles. The Balaban J connectivity index is 1.41. The van der Waals surface area contributed by atoms with Crippen LogP contribution in [0.15, 0.2) is 47.4 Å². The molecule has 2 N–H and O–H groups in total. The maximum absolute atomic E-state index is 12.8. The number of sulfonamides is 1. The van der Waals surface area contributed by atoms with Crippen molar-refractivity contribution in [3.8, 4) is 0 Å². The molecule has 6 heteroatoms. The Hall–Kier alpha value is -2.18. The summed E-state index contributed by atoms with van der Waals surface area (Å²) in [6, 6.07) is 12.0. The van der Waals surface area contributed by atoms with Gasteiger partial charge in [-0.05, 0) is 94.2 Å². The molecule has 2 bridgehead atoms. The molecule has 0 spiro atoms. The summed E-state index contributed by atoms with van der Waals surface area (Å²) in [5.41, 5.74) is 3.21. The van der Waals surface area contributed by atoms with E-state index in [0.29, 0.717) is 23.1 Å². The Morgan fingerprint density at radius 2 is 1.67 bits per heavy atom. The monoisotopic (exact) mass is 426 g/mol. The maximum Gasteiger partial charge on any atom is 0.255 e. The normalized spacial score (nSPS) is 24.0. The number of aryl methyl sites for hydroxylation is 2. The molecular weight excluding hydrogens is 396 g/mol. The maximum atomic E-state index is 12.8. The summed E-state index contributed by atoms with van der Waals surface area (Å²) in [4.78, 5) is 12.7. The summed E-state index contributed by atoms with van der Waals surface area (Å²) < 4.78 is 28.6. The van der Waals surface area contributed by atoms with E-state index in [0.717, 1.165) is 23.5 Å². The summed E-state index contributed by atoms with van der Waals surface area (Å²) in [6.45, 7) is 5.89. The molecule has 2 aromatic carbocycles. The van der Waals surface area contributed by atoms with Crippen molar-refractivity contribution in [3.05, 3.63) is 59.2 Å². The van der Waals surface area contributed by atoms with Gasteiger partial charge in [0.25, 0.3) is 5.91 Å². The largest absolute Gasteiger partial charge is 0.322 e. The van der Waals surface area contributed by atoms with Gasteiger partial charge < -0.3 is 5.32 Å². The van der Waals surface area contributed by atoms with Crippen LogP contribution in [0.1, 0.15) is 54.1 Å². The Morgan fingerprint density at radius 3 is 2.23 bits per heavy atom. The molecule has 2 aromatic rings. The highest BCUT2D eigenvalue weighted by molar-refractivity contribution is 7.89. The lowest BCUT2D eigenvalue weighted by atomic mass is 9.84. The van der Waals surface area contributed by atoms with Gasteiger partial charge in [-0.1, -0.05) is 23.6 Å². The van der Waals surface area contributed by atoms with Crippen LogP contribution in [-0.4, -0.2) is 20.4 Å². The van der Waals surface area contributed by atoms with Crippen LogP contribution < -0.4 is 10.0 Å². The molecule has 0 aromatic heterocycles. The first-order valence-electron chi connectivity index (χ1n) is 10.7.